The third-order valence-electron chi connectivity index (χ3n) is 3.26. The molecule has 0 radical (unpaired) electrons. The van der Waals surface area contributed by atoms with Gasteiger partial charge in [0.25, 0.3) is 0 Å². The Bertz CT molecular complexity index is 999. The van der Waals surface area contributed by atoms with E-state index >= 15 is 0 Å². The number of hydrogen-bond acceptors (Lipinski definition) is 10. The van der Waals surface area contributed by atoms with Gasteiger partial charge in [-0.25, -0.2) is 4.98 Å². The highest BCUT2D eigenvalue weighted by molar-refractivity contribution is 5.85. The monoisotopic (exact) mass is 396 g/mol. The molecule has 5 N–H and O–H groups in total. The first kappa shape index (κ1) is 18.5. The molecule has 0 aromatic carbocycles. The van der Waals surface area contributed by atoms with E-state index in [0.29, 0.717) is 34.9 Å². The minimum atomic E-state index is 0. The van der Waals surface area contributed by atoms with Crippen LogP contribution >= 0.6 is 12.4 Å². The molecule has 0 saturated heterocycles. The average molecular weight is 397 g/mol. The maximum absolute atomic E-state index is 8.84. The number of halogens is 1. The Balaban J connectivity index is 0.00000225. The van der Waals surface area contributed by atoms with Gasteiger partial charge in [0.2, 0.25) is 17.8 Å². The lowest BCUT2D eigenvalue weighted by Crippen LogP contribution is -2.07. The largest absolute Gasteiger partial charge is 0.323 e. The Morgan fingerprint density at radius 2 is 1.36 bits per heavy atom. The number of H-pyrrole nitrogens is 2. The fourth-order valence-corrected chi connectivity index (χ4v) is 2.10. The standard InChI is InChI=1S/C15H12N12.ClH/c16-7-9-1-2-10(8-17-9)20-13-23-14(21-11-3-5-18-26-11)25-15(24-13)22-12-4-6-19-27-12;/h1-6,8H,(H5,18,19,20,21,22,23,24,25,26,27);1H. The summed E-state index contributed by atoms with van der Waals surface area (Å²) >= 11 is 0. The molecule has 28 heavy (non-hydrogen) atoms. The Labute approximate surface area is 164 Å². The van der Waals surface area contributed by atoms with Crippen LogP contribution in [0.25, 0.3) is 0 Å². The van der Waals surface area contributed by atoms with Crippen molar-refractivity contribution in [2.24, 2.45) is 0 Å². The van der Waals surface area contributed by atoms with Gasteiger partial charge in [-0.1, -0.05) is 0 Å². The predicted molar refractivity (Wildman–Crippen MR) is 103 cm³/mol. The third-order valence-corrected chi connectivity index (χ3v) is 3.26. The maximum Gasteiger partial charge on any atom is 0.235 e. The van der Waals surface area contributed by atoms with Gasteiger partial charge >= 0.3 is 0 Å². The fraction of sp³-hybridized carbons (Fsp3) is 0. The molecule has 0 saturated carbocycles. The van der Waals surface area contributed by atoms with E-state index in [0.717, 1.165) is 0 Å². The number of pyridine rings is 1. The predicted octanol–water partition coefficient (Wildman–Crippen LogP) is 2.24. The number of nitrogens with one attached hydrogen (secondary N) is 5. The Morgan fingerprint density at radius 1 is 0.786 bits per heavy atom. The molecular formula is C15H13ClN12. The van der Waals surface area contributed by atoms with Crippen LogP contribution in [0.15, 0.2) is 42.9 Å². The zero-order valence-corrected chi connectivity index (χ0v) is 14.9. The van der Waals surface area contributed by atoms with E-state index in [9.17, 15) is 0 Å². The summed E-state index contributed by atoms with van der Waals surface area (Å²) in [6, 6.07) is 8.75. The summed E-state index contributed by atoms with van der Waals surface area (Å²) in [6.45, 7) is 0. The second-order valence-corrected chi connectivity index (χ2v) is 5.17. The van der Waals surface area contributed by atoms with E-state index < -0.39 is 0 Å². The normalized spacial score (nSPS) is 9.82. The van der Waals surface area contributed by atoms with Crippen LogP contribution in [0.5, 0.6) is 0 Å². The molecule has 4 heterocycles. The molecule has 0 unspecified atom stereocenters. The van der Waals surface area contributed by atoms with Crippen LogP contribution in [0, 0.1) is 11.3 Å². The Morgan fingerprint density at radius 3 is 1.79 bits per heavy atom. The lowest BCUT2D eigenvalue weighted by atomic mass is 10.3. The van der Waals surface area contributed by atoms with Gasteiger partial charge in [0.15, 0.2) is 0 Å². The maximum atomic E-state index is 8.84. The molecule has 0 spiro atoms. The molecule has 0 aliphatic rings. The van der Waals surface area contributed by atoms with Crippen molar-refractivity contribution in [1.82, 2.24) is 40.3 Å². The van der Waals surface area contributed by atoms with Crippen molar-refractivity contribution in [3.8, 4) is 6.07 Å². The molecule has 140 valence electrons. The minimum absolute atomic E-state index is 0. The fourth-order valence-electron chi connectivity index (χ4n) is 2.10. The summed E-state index contributed by atoms with van der Waals surface area (Å²) in [5, 5.41) is 31.2. The molecule has 4 aromatic heterocycles. The van der Waals surface area contributed by atoms with Crippen molar-refractivity contribution >= 4 is 47.6 Å². The van der Waals surface area contributed by atoms with Crippen LogP contribution in [0.1, 0.15) is 5.69 Å². The summed E-state index contributed by atoms with van der Waals surface area (Å²) in [4.78, 5) is 17.0. The van der Waals surface area contributed by atoms with Crippen molar-refractivity contribution < 1.29 is 0 Å². The van der Waals surface area contributed by atoms with Crippen LogP contribution in [0.4, 0.5) is 35.2 Å². The Kier molecular flexibility index (Phi) is 5.58. The van der Waals surface area contributed by atoms with Gasteiger partial charge in [-0.05, 0) is 12.1 Å². The molecule has 0 fully saturated rings. The van der Waals surface area contributed by atoms with Gasteiger partial charge in [-0.15, -0.1) is 12.4 Å². The zero-order chi connectivity index (χ0) is 18.5. The molecule has 0 aliphatic carbocycles. The van der Waals surface area contributed by atoms with Crippen LogP contribution in [0.2, 0.25) is 0 Å². The second kappa shape index (κ2) is 8.43. The lowest BCUT2D eigenvalue weighted by molar-refractivity contribution is 1.03. The number of nitriles is 1. The highest BCUT2D eigenvalue weighted by atomic mass is 35.5. The van der Waals surface area contributed by atoms with Gasteiger partial charge in [-0.2, -0.15) is 30.4 Å². The first-order valence-corrected chi connectivity index (χ1v) is 7.70. The number of nitrogens with zero attached hydrogens (tertiary/aromatic N) is 7. The average Bonchev–Trinajstić information content (AvgIpc) is 3.36. The SMILES string of the molecule is Cl.N#Cc1ccc(Nc2nc(Nc3ccn[nH]3)nc(Nc3ccn[nH]3)n2)cn1. The van der Waals surface area contributed by atoms with Crippen LogP contribution in [-0.4, -0.2) is 40.3 Å². The quantitative estimate of drug-likeness (QED) is 0.325. The smallest absolute Gasteiger partial charge is 0.235 e. The van der Waals surface area contributed by atoms with Crippen molar-refractivity contribution in [3.63, 3.8) is 0 Å². The molecule has 13 heteroatoms. The molecule has 0 amide bonds. The molecule has 0 aliphatic heterocycles. The molecule has 4 rings (SSSR count). The number of aromatic nitrogens is 8. The van der Waals surface area contributed by atoms with Crippen molar-refractivity contribution in [3.05, 3.63) is 48.5 Å². The van der Waals surface area contributed by atoms with Crippen molar-refractivity contribution in [1.29, 1.82) is 5.26 Å². The summed E-state index contributed by atoms with van der Waals surface area (Å²) in [5.41, 5.74) is 0.944. The van der Waals surface area contributed by atoms with Gasteiger partial charge in [0.05, 0.1) is 24.3 Å². The van der Waals surface area contributed by atoms with Crippen molar-refractivity contribution in [2.45, 2.75) is 0 Å². The molecule has 0 atom stereocenters. The summed E-state index contributed by atoms with van der Waals surface area (Å²) in [7, 11) is 0. The van der Waals surface area contributed by atoms with E-state index in [1.807, 2.05) is 6.07 Å². The van der Waals surface area contributed by atoms with E-state index in [-0.39, 0.29) is 18.4 Å². The van der Waals surface area contributed by atoms with E-state index in [4.69, 9.17) is 5.26 Å². The van der Waals surface area contributed by atoms with Gasteiger partial charge in [-0.3, -0.25) is 10.2 Å². The summed E-state index contributed by atoms with van der Waals surface area (Å²) in [5.74, 6) is 2.11. The lowest BCUT2D eigenvalue weighted by Gasteiger charge is -2.10. The topological polar surface area (TPSA) is 169 Å². The number of rotatable bonds is 6. The van der Waals surface area contributed by atoms with Gasteiger partial charge in [0, 0.05) is 12.1 Å². The third kappa shape index (κ3) is 4.48. The van der Waals surface area contributed by atoms with E-state index in [1.165, 1.54) is 6.20 Å². The minimum Gasteiger partial charge on any atom is -0.323 e. The first-order chi connectivity index (χ1) is 13.3. The molecule has 12 nitrogen and oxygen atoms in total. The number of hydrogen-bond donors (Lipinski definition) is 5. The second-order valence-electron chi connectivity index (χ2n) is 5.17. The molecular weight excluding hydrogens is 384 g/mol. The summed E-state index contributed by atoms with van der Waals surface area (Å²) in [6.07, 6.45) is 4.73. The van der Waals surface area contributed by atoms with Gasteiger partial charge < -0.3 is 16.0 Å². The van der Waals surface area contributed by atoms with Crippen LogP contribution in [0.3, 0.4) is 0 Å². The van der Waals surface area contributed by atoms with Crippen LogP contribution in [-0.2, 0) is 0 Å². The van der Waals surface area contributed by atoms with E-state index in [1.54, 1.807) is 36.7 Å². The number of anilines is 6. The highest BCUT2D eigenvalue weighted by Crippen LogP contribution is 2.19. The number of aromatic amines is 2. The van der Waals surface area contributed by atoms with E-state index in [2.05, 4.69) is 56.3 Å². The summed E-state index contributed by atoms with van der Waals surface area (Å²) < 4.78 is 0. The highest BCUT2D eigenvalue weighted by Gasteiger charge is 2.09. The first-order valence-electron chi connectivity index (χ1n) is 7.70. The molecule has 0 bridgehead atoms. The van der Waals surface area contributed by atoms with Crippen LogP contribution < -0.4 is 16.0 Å². The van der Waals surface area contributed by atoms with Gasteiger partial charge in [0.1, 0.15) is 23.4 Å². The van der Waals surface area contributed by atoms with Crippen molar-refractivity contribution in [2.75, 3.05) is 16.0 Å². The zero-order valence-electron chi connectivity index (χ0n) is 14.1. The Hall–Kier alpha value is -4.24. The molecule has 4 aromatic rings.